The van der Waals surface area contributed by atoms with Gasteiger partial charge in [-0.25, -0.2) is 14.4 Å². The number of rotatable bonds is 6. The number of anilines is 1. The van der Waals surface area contributed by atoms with Crippen LogP contribution < -0.4 is 10.9 Å². The van der Waals surface area contributed by atoms with Crippen molar-refractivity contribution in [3.63, 3.8) is 0 Å². The molecule has 1 aromatic carbocycles. The van der Waals surface area contributed by atoms with Crippen molar-refractivity contribution in [2.24, 2.45) is 0 Å². The molecule has 0 aliphatic carbocycles. The van der Waals surface area contributed by atoms with Gasteiger partial charge in [0, 0.05) is 29.8 Å². The van der Waals surface area contributed by atoms with Gasteiger partial charge in [0.05, 0.1) is 29.4 Å². The molecule has 8 nitrogen and oxygen atoms in total. The summed E-state index contributed by atoms with van der Waals surface area (Å²) in [4.78, 5) is 44.9. The third-order valence-electron chi connectivity index (χ3n) is 5.20. The Balaban J connectivity index is 1.59. The lowest BCUT2D eigenvalue weighted by molar-refractivity contribution is -0.132. The summed E-state index contributed by atoms with van der Waals surface area (Å²) < 4.78 is 15.2. The molecule has 33 heavy (non-hydrogen) atoms. The van der Waals surface area contributed by atoms with Gasteiger partial charge in [-0.05, 0) is 36.2 Å². The van der Waals surface area contributed by atoms with Gasteiger partial charge in [0.25, 0.3) is 10.7 Å². The van der Waals surface area contributed by atoms with Gasteiger partial charge >= 0.3 is 0 Å². The normalized spacial score (nSPS) is 17.1. The molecule has 170 valence electrons. The fraction of sp³-hybridized carbons (Fsp3) is 0.227. The Labute approximate surface area is 196 Å². The number of hydrogen-bond acceptors (Lipinski definition) is 8. The van der Waals surface area contributed by atoms with Crippen molar-refractivity contribution < 1.29 is 19.1 Å². The van der Waals surface area contributed by atoms with Gasteiger partial charge in [0.15, 0.2) is 0 Å². The van der Waals surface area contributed by atoms with Crippen molar-refractivity contribution >= 4 is 40.2 Å². The van der Waals surface area contributed by atoms with Crippen molar-refractivity contribution in [1.82, 2.24) is 14.5 Å². The molecule has 3 heterocycles. The number of halogens is 2. The topological polar surface area (TPSA) is 114 Å². The summed E-state index contributed by atoms with van der Waals surface area (Å²) in [5.41, 5.74) is 0.883. The van der Waals surface area contributed by atoms with Crippen LogP contribution in [0.3, 0.4) is 0 Å². The van der Waals surface area contributed by atoms with Crippen molar-refractivity contribution in [1.29, 1.82) is 0 Å². The summed E-state index contributed by atoms with van der Waals surface area (Å²) in [6, 6.07) is 7.19. The average molecular weight is 489 g/mol. The summed E-state index contributed by atoms with van der Waals surface area (Å²) >= 11 is 6.72. The number of pyridine rings is 1. The first-order valence-electron chi connectivity index (χ1n) is 9.96. The third kappa shape index (κ3) is 4.97. The lowest BCUT2D eigenvalue weighted by Gasteiger charge is -2.20. The van der Waals surface area contributed by atoms with E-state index in [1.165, 1.54) is 35.2 Å². The summed E-state index contributed by atoms with van der Waals surface area (Å²) in [5, 5.41) is 12.2. The maximum atomic E-state index is 13.9. The summed E-state index contributed by atoms with van der Waals surface area (Å²) in [6.07, 6.45) is 3.45. The molecule has 0 radical (unpaired) electrons. The van der Waals surface area contributed by atoms with Gasteiger partial charge < -0.3 is 15.0 Å². The largest absolute Gasteiger partial charge is 0.394 e. The fourth-order valence-corrected chi connectivity index (χ4v) is 4.42. The van der Waals surface area contributed by atoms with Gasteiger partial charge in [0.2, 0.25) is 11.7 Å². The van der Waals surface area contributed by atoms with Crippen LogP contribution in [0.5, 0.6) is 0 Å². The Morgan fingerprint density at radius 3 is 2.79 bits per heavy atom. The Morgan fingerprint density at radius 2 is 2.06 bits per heavy atom. The second kappa shape index (κ2) is 9.82. The highest BCUT2D eigenvalue weighted by Crippen LogP contribution is 2.24. The van der Waals surface area contributed by atoms with Crippen LogP contribution >= 0.6 is 23.4 Å². The smallest absolute Gasteiger partial charge is 0.257 e. The minimum absolute atomic E-state index is 0.0515. The van der Waals surface area contributed by atoms with E-state index in [9.17, 15) is 23.9 Å². The Kier molecular flexibility index (Phi) is 6.87. The highest BCUT2D eigenvalue weighted by molar-refractivity contribution is 8.15. The van der Waals surface area contributed by atoms with Crippen molar-refractivity contribution in [2.45, 2.75) is 18.5 Å². The maximum Gasteiger partial charge on any atom is 0.257 e. The minimum atomic E-state index is -0.798. The standard InChI is InChI=1S/C22H18ClFN4O4S/c23-14-2-1-13(9-15(14)24)18(11-29)28-7-4-12(10-19(28)30)16-3-6-25-22(26-16)27-17-5-8-33-21(32)20(17)31/h1-4,6-7,9-10,17-18,29H,5,8,11H2,(H,25,26,27). The number of Topliss-reactive ketones (excluding diaryl/α,β-unsaturated/α-hetero) is 1. The molecule has 3 aromatic rings. The highest BCUT2D eigenvalue weighted by atomic mass is 35.5. The molecule has 4 rings (SSSR count). The number of thioether (sulfide) groups is 1. The lowest BCUT2D eigenvalue weighted by Crippen LogP contribution is -2.38. The van der Waals surface area contributed by atoms with Crippen molar-refractivity contribution in [3.8, 4) is 11.3 Å². The summed E-state index contributed by atoms with van der Waals surface area (Å²) in [5.74, 6) is -0.463. The van der Waals surface area contributed by atoms with Gasteiger partial charge in [0.1, 0.15) is 5.82 Å². The molecule has 2 aromatic heterocycles. The molecule has 2 atom stereocenters. The minimum Gasteiger partial charge on any atom is -0.394 e. The number of nitrogens with one attached hydrogen (secondary N) is 1. The first-order chi connectivity index (χ1) is 15.9. The van der Waals surface area contributed by atoms with Crippen molar-refractivity contribution in [2.75, 3.05) is 17.7 Å². The number of aromatic nitrogens is 3. The van der Waals surface area contributed by atoms with Gasteiger partial charge in [-0.3, -0.25) is 14.4 Å². The Morgan fingerprint density at radius 1 is 1.24 bits per heavy atom. The number of aliphatic hydroxyl groups excluding tert-OH is 1. The van der Waals surface area contributed by atoms with Gasteiger partial charge in [-0.15, -0.1) is 0 Å². The number of ketones is 1. The number of carbonyl (C=O) groups is 2. The van der Waals surface area contributed by atoms with Crippen LogP contribution in [0, 0.1) is 5.82 Å². The molecule has 0 saturated carbocycles. The molecular formula is C22H18ClFN4O4S. The van der Waals surface area contributed by atoms with Crippen LogP contribution in [0.1, 0.15) is 18.0 Å². The predicted molar refractivity (Wildman–Crippen MR) is 123 cm³/mol. The zero-order chi connectivity index (χ0) is 23.5. The molecule has 1 aliphatic rings. The highest BCUT2D eigenvalue weighted by Gasteiger charge is 2.30. The zero-order valence-corrected chi connectivity index (χ0v) is 18.6. The Bertz CT molecular complexity index is 1290. The Hall–Kier alpha value is -3.08. The van der Waals surface area contributed by atoms with E-state index in [0.29, 0.717) is 29.0 Å². The fourth-order valence-electron chi connectivity index (χ4n) is 3.48. The van der Waals surface area contributed by atoms with Crippen LogP contribution in [0.2, 0.25) is 5.02 Å². The molecule has 0 bridgehead atoms. The number of nitrogens with zero attached hydrogens (tertiary/aromatic N) is 3. The molecule has 1 fully saturated rings. The predicted octanol–water partition coefficient (Wildman–Crippen LogP) is 2.69. The number of aliphatic hydroxyl groups is 1. The van der Waals surface area contributed by atoms with E-state index in [2.05, 4.69) is 15.3 Å². The molecule has 0 spiro atoms. The second-order valence-electron chi connectivity index (χ2n) is 7.28. The van der Waals surface area contributed by atoms with Crippen LogP contribution in [0.15, 0.2) is 53.6 Å². The van der Waals surface area contributed by atoms with Gasteiger partial charge in [-0.1, -0.05) is 29.4 Å². The third-order valence-corrected chi connectivity index (χ3v) is 6.41. The lowest BCUT2D eigenvalue weighted by atomic mass is 10.1. The van der Waals surface area contributed by atoms with E-state index in [4.69, 9.17) is 11.6 Å². The zero-order valence-electron chi connectivity index (χ0n) is 17.1. The molecule has 2 N–H and O–H groups in total. The number of benzene rings is 1. The van der Waals surface area contributed by atoms with Crippen LogP contribution in [0.4, 0.5) is 10.3 Å². The van der Waals surface area contributed by atoms with Crippen LogP contribution in [-0.4, -0.2) is 48.9 Å². The quantitative estimate of drug-likeness (QED) is 0.509. The summed E-state index contributed by atoms with van der Waals surface area (Å²) in [7, 11) is 0. The van der Waals surface area contributed by atoms with Crippen molar-refractivity contribution in [3.05, 3.63) is 75.5 Å². The van der Waals surface area contributed by atoms with E-state index < -0.39 is 41.0 Å². The first kappa shape index (κ1) is 23.1. The first-order valence-corrected chi connectivity index (χ1v) is 11.3. The van der Waals surface area contributed by atoms with E-state index in [0.717, 1.165) is 11.8 Å². The van der Waals surface area contributed by atoms with E-state index in [-0.39, 0.29) is 11.0 Å². The van der Waals surface area contributed by atoms with Gasteiger partial charge in [-0.2, -0.15) is 0 Å². The molecular weight excluding hydrogens is 471 g/mol. The van der Waals surface area contributed by atoms with E-state index >= 15 is 0 Å². The maximum absolute atomic E-state index is 13.9. The second-order valence-corrected chi connectivity index (χ2v) is 8.76. The molecule has 1 aliphatic heterocycles. The average Bonchev–Trinajstić information content (AvgIpc) is 2.81. The summed E-state index contributed by atoms with van der Waals surface area (Å²) in [6.45, 7) is -0.422. The monoisotopic (exact) mass is 488 g/mol. The molecule has 11 heteroatoms. The number of carbonyl (C=O) groups excluding carboxylic acids is 2. The molecule has 2 unspecified atom stereocenters. The van der Waals surface area contributed by atoms with Crippen LogP contribution in [0.25, 0.3) is 11.3 Å². The molecule has 0 amide bonds. The SMILES string of the molecule is O=C1SCCC(Nc2nccc(-c3ccn(C(CO)c4ccc(Cl)c(F)c4)c(=O)c3)n2)C1=O. The van der Waals surface area contributed by atoms with Crippen LogP contribution in [-0.2, 0) is 9.59 Å². The van der Waals surface area contributed by atoms with E-state index in [1.54, 1.807) is 18.2 Å². The van der Waals surface area contributed by atoms with E-state index in [1.807, 2.05) is 0 Å². The molecule has 1 saturated heterocycles. The number of hydrogen-bond donors (Lipinski definition) is 2.